The van der Waals surface area contributed by atoms with Crippen LogP contribution in [0.2, 0.25) is 0 Å². The van der Waals surface area contributed by atoms with E-state index in [1.165, 1.54) is 0 Å². The number of ether oxygens (including phenoxy) is 1. The molecular formula is C22H25N3O3. The largest absolute Gasteiger partial charge is 0.495 e. The third-order valence-electron chi connectivity index (χ3n) is 5.65. The fourth-order valence-electron chi connectivity index (χ4n) is 4.16. The highest BCUT2D eigenvalue weighted by Gasteiger charge is 2.51. The van der Waals surface area contributed by atoms with Gasteiger partial charge >= 0.3 is 0 Å². The zero-order valence-electron chi connectivity index (χ0n) is 16.5. The Morgan fingerprint density at radius 2 is 1.89 bits per heavy atom. The lowest BCUT2D eigenvalue weighted by atomic mass is 10.0. The van der Waals surface area contributed by atoms with Crippen molar-refractivity contribution < 1.29 is 14.3 Å². The number of carbonyl (C=O) groups excluding carboxylic acids is 2. The topological polar surface area (TPSA) is 53.1 Å². The molecule has 6 heteroatoms. The number of carbonyl (C=O) groups is 2. The molecule has 2 amide bonds. The minimum atomic E-state index is -0.237. The maximum atomic E-state index is 13.1. The van der Waals surface area contributed by atoms with Crippen LogP contribution < -0.4 is 9.64 Å². The summed E-state index contributed by atoms with van der Waals surface area (Å²) in [7, 11) is 5.11. The van der Waals surface area contributed by atoms with Crippen LogP contribution in [0.15, 0.2) is 48.5 Å². The summed E-state index contributed by atoms with van der Waals surface area (Å²) in [6.07, 6.45) is 0.748. The Balaban J connectivity index is 1.62. The van der Waals surface area contributed by atoms with E-state index in [4.69, 9.17) is 4.74 Å². The van der Waals surface area contributed by atoms with Crippen LogP contribution in [0.1, 0.15) is 6.42 Å². The summed E-state index contributed by atoms with van der Waals surface area (Å²) in [6, 6.07) is 15.9. The summed E-state index contributed by atoms with van der Waals surface area (Å²) < 4.78 is 5.56. The first-order valence-electron chi connectivity index (χ1n) is 9.50. The number of hydrogen-bond acceptors (Lipinski definition) is 4. The van der Waals surface area contributed by atoms with Gasteiger partial charge in [0.15, 0.2) is 0 Å². The van der Waals surface area contributed by atoms with Gasteiger partial charge < -0.3 is 14.5 Å². The van der Waals surface area contributed by atoms with Gasteiger partial charge in [0.1, 0.15) is 5.75 Å². The van der Waals surface area contributed by atoms with Crippen molar-refractivity contribution in [1.29, 1.82) is 0 Å². The maximum Gasteiger partial charge on any atom is 0.244 e. The molecule has 2 fully saturated rings. The van der Waals surface area contributed by atoms with E-state index in [-0.39, 0.29) is 30.4 Å². The number of likely N-dealkylation sites (N-methyl/N-ethyl adjacent to an activating group) is 1. The Hall–Kier alpha value is -2.86. The van der Waals surface area contributed by atoms with Crippen molar-refractivity contribution in [2.75, 3.05) is 39.2 Å². The van der Waals surface area contributed by atoms with Crippen molar-refractivity contribution in [3.05, 3.63) is 48.5 Å². The molecule has 0 saturated carbocycles. The smallest absolute Gasteiger partial charge is 0.244 e. The lowest BCUT2D eigenvalue weighted by Gasteiger charge is -2.34. The molecule has 2 aliphatic rings. The summed E-state index contributed by atoms with van der Waals surface area (Å²) in [5, 5.41) is 0. The van der Waals surface area contributed by atoms with E-state index in [2.05, 4.69) is 12.1 Å². The maximum absolute atomic E-state index is 13.1. The van der Waals surface area contributed by atoms with Crippen molar-refractivity contribution in [2.45, 2.75) is 18.5 Å². The standard InChI is InChI=1S/C22H25N3O3/c1-23(2)21(26)14-24-13-17-12-19(24)22(27)25(17)18-11-16(9-10-20(18)28-3)15-7-5-4-6-8-15/h4-11,17,19H,12-14H2,1-3H3/t17-,19-/m0/s1. The number of methoxy groups -OCH3 is 1. The second-order valence-electron chi connectivity index (χ2n) is 7.58. The molecule has 0 aromatic heterocycles. The van der Waals surface area contributed by atoms with Crippen LogP contribution in [0.3, 0.4) is 0 Å². The number of likely N-dealkylation sites (tertiary alicyclic amines) is 1. The van der Waals surface area contributed by atoms with E-state index in [9.17, 15) is 9.59 Å². The third kappa shape index (κ3) is 3.14. The Labute approximate surface area is 165 Å². The van der Waals surface area contributed by atoms with Gasteiger partial charge in [-0.1, -0.05) is 36.4 Å². The van der Waals surface area contributed by atoms with Crippen molar-refractivity contribution in [3.63, 3.8) is 0 Å². The summed E-state index contributed by atoms with van der Waals surface area (Å²) in [5.41, 5.74) is 2.95. The molecule has 2 aliphatic heterocycles. The molecule has 0 unspecified atom stereocenters. The molecule has 2 heterocycles. The molecule has 4 rings (SSSR count). The van der Waals surface area contributed by atoms with Gasteiger partial charge in [0, 0.05) is 20.6 Å². The Morgan fingerprint density at radius 3 is 2.54 bits per heavy atom. The number of rotatable bonds is 5. The van der Waals surface area contributed by atoms with Gasteiger partial charge in [0.2, 0.25) is 11.8 Å². The first-order chi connectivity index (χ1) is 13.5. The van der Waals surface area contributed by atoms with E-state index in [0.29, 0.717) is 12.3 Å². The minimum Gasteiger partial charge on any atom is -0.495 e. The Kier molecular flexibility index (Phi) is 4.81. The summed E-state index contributed by atoms with van der Waals surface area (Å²) >= 11 is 0. The lowest BCUT2D eigenvalue weighted by molar-refractivity contribution is -0.131. The summed E-state index contributed by atoms with van der Waals surface area (Å²) in [5.74, 6) is 0.762. The van der Waals surface area contributed by atoms with Gasteiger partial charge in [0.25, 0.3) is 0 Å². The molecule has 28 heavy (non-hydrogen) atoms. The monoisotopic (exact) mass is 379 g/mol. The molecule has 2 aromatic carbocycles. The van der Waals surface area contributed by atoms with Gasteiger partial charge in [-0.3, -0.25) is 14.5 Å². The number of nitrogens with zero attached hydrogens (tertiary/aromatic N) is 3. The van der Waals surface area contributed by atoms with Gasteiger partial charge in [-0.15, -0.1) is 0 Å². The molecular weight excluding hydrogens is 354 g/mol. The van der Waals surface area contributed by atoms with E-state index in [0.717, 1.165) is 23.2 Å². The van der Waals surface area contributed by atoms with Crippen LogP contribution in [0.5, 0.6) is 5.75 Å². The normalized spacial score (nSPS) is 21.2. The second-order valence-corrected chi connectivity index (χ2v) is 7.58. The molecule has 146 valence electrons. The molecule has 6 nitrogen and oxygen atoms in total. The van der Waals surface area contributed by atoms with Gasteiger partial charge in [0.05, 0.1) is 31.4 Å². The fraction of sp³-hybridized carbons (Fsp3) is 0.364. The average molecular weight is 379 g/mol. The third-order valence-corrected chi connectivity index (χ3v) is 5.65. The van der Waals surface area contributed by atoms with E-state index in [1.54, 1.807) is 26.1 Å². The highest BCUT2D eigenvalue weighted by Crippen LogP contribution is 2.41. The van der Waals surface area contributed by atoms with Crippen LogP contribution in [0.4, 0.5) is 5.69 Å². The van der Waals surface area contributed by atoms with E-state index < -0.39 is 0 Å². The van der Waals surface area contributed by atoms with Crippen molar-refractivity contribution in [1.82, 2.24) is 9.80 Å². The van der Waals surface area contributed by atoms with Crippen LogP contribution in [-0.4, -0.2) is 68.0 Å². The number of anilines is 1. The minimum absolute atomic E-state index is 0.0237. The van der Waals surface area contributed by atoms with Crippen LogP contribution in [0.25, 0.3) is 11.1 Å². The molecule has 0 N–H and O–H groups in total. The number of amides is 2. The molecule has 0 radical (unpaired) electrons. The van der Waals surface area contributed by atoms with Crippen LogP contribution >= 0.6 is 0 Å². The van der Waals surface area contributed by atoms with Crippen LogP contribution in [-0.2, 0) is 9.59 Å². The molecule has 2 bridgehead atoms. The summed E-state index contributed by atoms with van der Waals surface area (Å²) in [6.45, 7) is 0.990. The SMILES string of the molecule is COc1ccc(-c2ccccc2)cc1N1C(=O)[C@@H]2C[C@H]1CN2CC(=O)N(C)C. The predicted molar refractivity (Wildman–Crippen MR) is 108 cm³/mol. The van der Waals surface area contributed by atoms with Crippen LogP contribution in [0, 0.1) is 0 Å². The lowest BCUT2D eigenvalue weighted by Crippen LogP contribution is -2.52. The van der Waals surface area contributed by atoms with Gasteiger partial charge in [-0.25, -0.2) is 0 Å². The zero-order valence-corrected chi connectivity index (χ0v) is 16.5. The fourth-order valence-corrected chi connectivity index (χ4v) is 4.16. The predicted octanol–water partition coefficient (Wildman–Crippen LogP) is 2.24. The quantitative estimate of drug-likeness (QED) is 0.800. The molecule has 2 saturated heterocycles. The van der Waals surface area contributed by atoms with E-state index >= 15 is 0 Å². The average Bonchev–Trinajstić information content (AvgIpc) is 3.25. The summed E-state index contributed by atoms with van der Waals surface area (Å²) in [4.78, 5) is 30.7. The highest BCUT2D eigenvalue weighted by molar-refractivity contribution is 6.03. The first-order valence-corrected chi connectivity index (χ1v) is 9.50. The van der Waals surface area contributed by atoms with Gasteiger partial charge in [-0.2, -0.15) is 0 Å². The Bertz CT molecular complexity index is 897. The first kappa shape index (κ1) is 18.5. The van der Waals surface area contributed by atoms with Gasteiger partial charge in [-0.05, 0) is 29.7 Å². The molecule has 2 aromatic rings. The van der Waals surface area contributed by atoms with Crippen molar-refractivity contribution >= 4 is 17.5 Å². The molecule has 0 spiro atoms. The van der Waals surface area contributed by atoms with E-state index in [1.807, 2.05) is 46.2 Å². The van der Waals surface area contributed by atoms with Crippen molar-refractivity contribution in [3.8, 4) is 16.9 Å². The second kappa shape index (κ2) is 7.28. The highest BCUT2D eigenvalue weighted by atomic mass is 16.5. The zero-order chi connectivity index (χ0) is 19.8. The number of benzene rings is 2. The molecule has 0 aliphatic carbocycles. The Morgan fingerprint density at radius 1 is 1.14 bits per heavy atom. The molecule has 2 atom stereocenters. The number of fused-ring (bicyclic) bond motifs is 2. The van der Waals surface area contributed by atoms with Crippen molar-refractivity contribution in [2.24, 2.45) is 0 Å². The number of piperazine rings is 1. The number of hydrogen-bond donors (Lipinski definition) is 0.